The largest absolute Gasteiger partial charge is 0.444 e. The number of carbonyl (C=O) groups excluding carboxylic acids is 2. The molecule has 0 aromatic carbocycles. The molecule has 0 heterocycles. The highest BCUT2D eigenvalue weighted by molar-refractivity contribution is 5.75. The zero-order chi connectivity index (χ0) is 13.6. The normalized spacial score (nSPS) is 10.9. The topological polar surface area (TPSA) is 49.9 Å². The zero-order valence-corrected chi connectivity index (χ0v) is 11.7. The first kappa shape index (κ1) is 15.7. The molecule has 0 spiro atoms. The molecule has 0 aromatic rings. The second-order valence-electron chi connectivity index (χ2n) is 5.29. The van der Waals surface area contributed by atoms with Crippen LogP contribution in [0.1, 0.15) is 33.6 Å². The van der Waals surface area contributed by atoms with Crippen LogP contribution in [0.3, 0.4) is 0 Å². The Morgan fingerprint density at radius 2 is 1.65 bits per heavy atom. The Labute approximate surface area is 104 Å². The minimum atomic E-state index is -0.481. The van der Waals surface area contributed by atoms with Gasteiger partial charge < -0.3 is 14.5 Å². The van der Waals surface area contributed by atoms with Crippen molar-refractivity contribution < 1.29 is 14.3 Å². The number of carbonyl (C=O) groups is 2. The third-order valence-electron chi connectivity index (χ3n) is 2.09. The fourth-order valence-electron chi connectivity index (χ4n) is 1.12. The van der Waals surface area contributed by atoms with E-state index in [4.69, 9.17) is 4.74 Å². The molecule has 5 nitrogen and oxygen atoms in total. The van der Waals surface area contributed by atoms with Gasteiger partial charge in [0.2, 0.25) is 5.91 Å². The molecule has 5 heteroatoms. The molecular weight excluding hydrogens is 220 g/mol. The van der Waals surface area contributed by atoms with E-state index in [-0.39, 0.29) is 12.0 Å². The molecule has 0 aliphatic carbocycles. The lowest BCUT2D eigenvalue weighted by atomic mass is 10.2. The summed E-state index contributed by atoms with van der Waals surface area (Å²) < 4.78 is 5.20. The SMILES string of the molecule is CN(C)C(=O)CCCN(C)C(=O)OC(C)(C)C. The predicted octanol–water partition coefficient (Wildman–Crippen LogP) is 1.72. The van der Waals surface area contributed by atoms with Crippen molar-refractivity contribution in [3.8, 4) is 0 Å². The Balaban J connectivity index is 3.91. The first-order valence-corrected chi connectivity index (χ1v) is 5.78. The summed E-state index contributed by atoms with van der Waals surface area (Å²) >= 11 is 0. The third kappa shape index (κ3) is 7.60. The quantitative estimate of drug-likeness (QED) is 0.756. The summed E-state index contributed by atoms with van der Waals surface area (Å²) in [5.41, 5.74) is -0.481. The van der Waals surface area contributed by atoms with Gasteiger partial charge in [-0.15, -0.1) is 0 Å². The van der Waals surface area contributed by atoms with Crippen molar-refractivity contribution in [3.63, 3.8) is 0 Å². The van der Waals surface area contributed by atoms with Gasteiger partial charge in [0.25, 0.3) is 0 Å². The van der Waals surface area contributed by atoms with Gasteiger partial charge in [0.05, 0.1) is 0 Å². The average molecular weight is 244 g/mol. The highest BCUT2D eigenvalue weighted by atomic mass is 16.6. The second-order valence-corrected chi connectivity index (χ2v) is 5.29. The summed E-state index contributed by atoms with van der Waals surface area (Å²) in [6.07, 6.45) is 0.738. The smallest absolute Gasteiger partial charge is 0.410 e. The molecule has 0 rings (SSSR count). The van der Waals surface area contributed by atoms with E-state index in [2.05, 4.69) is 0 Å². The van der Waals surface area contributed by atoms with Crippen molar-refractivity contribution in [2.24, 2.45) is 0 Å². The molecule has 0 aliphatic rings. The van der Waals surface area contributed by atoms with Crippen LogP contribution in [0.25, 0.3) is 0 Å². The molecule has 0 aliphatic heterocycles. The van der Waals surface area contributed by atoms with Gasteiger partial charge >= 0.3 is 6.09 Å². The molecule has 0 aromatic heterocycles. The van der Waals surface area contributed by atoms with E-state index >= 15 is 0 Å². The van der Waals surface area contributed by atoms with Crippen molar-refractivity contribution in [1.29, 1.82) is 0 Å². The Morgan fingerprint density at radius 3 is 2.06 bits per heavy atom. The van der Waals surface area contributed by atoms with Gasteiger partial charge in [-0.1, -0.05) is 0 Å². The standard InChI is InChI=1S/C12H24N2O3/c1-12(2,3)17-11(16)14(6)9-7-8-10(15)13(4)5/h7-9H2,1-6H3. The maximum absolute atomic E-state index is 11.6. The van der Waals surface area contributed by atoms with E-state index in [1.54, 1.807) is 26.0 Å². The van der Waals surface area contributed by atoms with Gasteiger partial charge in [0, 0.05) is 34.1 Å². The van der Waals surface area contributed by atoms with Crippen molar-refractivity contribution >= 4 is 12.0 Å². The van der Waals surface area contributed by atoms with E-state index in [1.165, 1.54) is 4.90 Å². The Bertz CT molecular complexity index is 269. The lowest BCUT2D eigenvalue weighted by Gasteiger charge is -2.24. The number of hydrogen-bond acceptors (Lipinski definition) is 3. The van der Waals surface area contributed by atoms with Gasteiger partial charge in [0.1, 0.15) is 5.60 Å². The van der Waals surface area contributed by atoms with E-state index in [0.29, 0.717) is 19.4 Å². The first-order chi connectivity index (χ1) is 7.63. The monoisotopic (exact) mass is 244 g/mol. The summed E-state index contributed by atoms with van der Waals surface area (Å²) in [4.78, 5) is 25.9. The van der Waals surface area contributed by atoms with E-state index in [0.717, 1.165) is 0 Å². The summed E-state index contributed by atoms with van der Waals surface area (Å²) in [6, 6.07) is 0. The molecule has 0 bridgehead atoms. The number of ether oxygens (including phenoxy) is 1. The fraction of sp³-hybridized carbons (Fsp3) is 0.833. The molecule has 0 N–H and O–H groups in total. The molecule has 0 saturated heterocycles. The van der Waals surface area contributed by atoms with Crippen LogP contribution in [0.15, 0.2) is 0 Å². The average Bonchev–Trinajstić information content (AvgIpc) is 2.14. The van der Waals surface area contributed by atoms with Crippen LogP contribution in [0.4, 0.5) is 4.79 Å². The van der Waals surface area contributed by atoms with Crippen LogP contribution in [-0.4, -0.2) is 55.1 Å². The van der Waals surface area contributed by atoms with E-state index in [1.807, 2.05) is 20.8 Å². The molecule has 2 amide bonds. The molecule has 17 heavy (non-hydrogen) atoms. The number of hydrogen-bond donors (Lipinski definition) is 0. The van der Waals surface area contributed by atoms with Crippen LogP contribution in [0.2, 0.25) is 0 Å². The lowest BCUT2D eigenvalue weighted by molar-refractivity contribution is -0.128. The van der Waals surface area contributed by atoms with E-state index < -0.39 is 5.60 Å². The number of amides is 2. The minimum absolute atomic E-state index is 0.0718. The van der Waals surface area contributed by atoms with Crippen molar-refractivity contribution in [3.05, 3.63) is 0 Å². The van der Waals surface area contributed by atoms with Gasteiger partial charge in [-0.2, -0.15) is 0 Å². The van der Waals surface area contributed by atoms with Crippen molar-refractivity contribution in [2.45, 2.75) is 39.2 Å². The van der Waals surface area contributed by atoms with Crippen LogP contribution < -0.4 is 0 Å². The number of rotatable bonds is 4. The summed E-state index contributed by atoms with van der Waals surface area (Å²) in [5, 5.41) is 0. The molecule has 0 atom stereocenters. The highest BCUT2D eigenvalue weighted by Crippen LogP contribution is 2.09. The van der Waals surface area contributed by atoms with Crippen LogP contribution in [0.5, 0.6) is 0 Å². The molecule has 0 radical (unpaired) electrons. The first-order valence-electron chi connectivity index (χ1n) is 5.78. The van der Waals surface area contributed by atoms with Crippen molar-refractivity contribution in [1.82, 2.24) is 9.80 Å². The maximum atomic E-state index is 11.6. The zero-order valence-electron chi connectivity index (χ0n) is 11.7. The molecule has 0 unspecified atom stereocenters. The van der Waals surface area contributed by atoms with E-state index in [9.17, 15) is 9.59 Å². The fourth-order valence-corrected chi connectivity index (χ4v) is 1.12. The van der Waals surface area contributed by atoms with Crippen LogP contribution in [-0.2, 0) is 9.53 Å². The molecule has 0 fully saturated rings. The lowest BCUT2D eigenvalue weighted by Crippen LogP contribution is -2.35. The van der Waals surface area contributed by atoms with Crippen molar-refractivity contribution in [2.75, 3.05) is 27.7 Å². The Morgan fingerprint density at radius 1 is 1.12 bits per heavy atom. The maximum Gasteiger partial charge on any atom is 0.410 e. The Kier molecular flexibility index (Phi) is 5.99. The summed E-state index contributed by atoms with van der Waals surface area (Å²) in [7, 11) is 5.12. The third-order valence-corrected chi connectivity index (χ3v) is 2.09. The van der Waals surface area contributed by atoms with Gasteiger partial charge in [0.15, 0.2) is 0 Å². The van der Waals surface area contributed by atoms with Crippen LogP contribution in [0, 0.1) is 0 Å². The molecule has 100 valence electrons. The Hall–Kier alpha value is -1.26. The highest BCUT2D eigenvalue weighted by Gasteiger charge is 2.19. The minimum Gasteiger partial charge on any atom is -0.444 e. The summed E-state index contributed by atoms with van der Waals surface area (Å²) in [6.45, 7) is 6.01. The van der Waals surface area contributed by atoms with Gasteiger partial charge in [-0.05, 0) is 27.2 Å². The van der Waals surface area contributed by atoms with Gasteiger partial charge in [-0.3, -0.25) is 4.79 Å². The molecular formula is C12H24N2O3. The second kappa shape index (κ2) is 6.47. The van der Waals surface area contributed by atoms with Gasteiger partial charge in [-0.25, -0.2) is 4.79 Å². The predicted molar refractivity (Wildman–Crippen MR) is 66.8 cm³/mol. The van der Waals surface area contributed by atoms with Crippen LogP contribution >= 0.6 is 0 Å². The summed E-state index contributed by atoms with van der Waals surface area (Å²) in [5.74, 6) is 0.0718. The molecule has 0 saturated carbocycles. The number of nitrogens with zero attached hydrogens (tertiary/aromatic N) is 2.